The Bertz CT molecular complexity index is 132. The summed E-state index contributed by atoms with van der Waals surface area (Å²) >= 11 is 0. The molecule has 2 N–H and O–H groups in total. The van der Waals surface area contributed by atoms with E-state index in [1.165, 1.54) is 5.57 Å². The third kappa shape index (κ3) is 6.38. The predicted octanol–water partition coefficient (Wildman–Crippen LogP) is 1.48. The smallest absolute Gasteiger partial charge is 0.0184 e. The second-order valence-corrected chi connectivity index (χ2v) is 3.84. The van der Waals surface area contributed by atoms with Crippen molar-refractivity contribution in [2.45, 2.75) is 20.3 Å². The number of likely N-dealkylation sites (N-methyl/N-ethyl adjacent to an activating group) is 1. The zero-order valence-electron chi connectivity index (χ0n) is 8.64. The Hall–Kier alpha value is -0.340. The maximum absolute atomic E-state index is 5.47. The molecule has 0 amide bonds. The molecule has 0 aliphatic rings. The Kier molecular flexibility index (Phi) is 6.03. The largest absolute Gasteiger partial charge is 0.330 e. The summed E-state index contributed by atoms with van der Waals surface area (Å²) in [6, 6.07) is 0. The van der Waals surface area contributed by atoms with Crippen LogP contribution in [0.4, 0.5) is 0 Å². The minimum atomic E-state index is 0.694. The molecule has 12 heavy (non-hydrogen) atoms. The highest BCUT2D eigenvalue weighted by Gasteiger charge is 2.04. The lowest BCUT2D eigenvalue weighted by atomic mass is 10.1. The quantitative estimate of drug-likeness (QED) is 0.612. The van der Waals surface area contributed by atoms with Crippen molar-refractivity contribution in [3.63, 3.8) is 0 Å². The Morgan fingerprint density at radius 1 is 1.58 bits per heavy atom. The Labute approximate surface area is 76.4 Å². The third-order valence-corrected chi connectivity index (χ3v) is 1.82. The summed E-state index contributed by atoms with van der Waals surface area (Å²) < 4.78 is 0. The second-order valence-electron chi connectivity index (χ2n) is 3.84. The van der Waals surface area contributed by atoms with Crippen LogP contribution in [0.5, 0.6) is 0 Å². The Morgan fingerprint density at radius 2 is 2.17 bits per heavy atom. The fraction of sp³-hybridized carbons (Fsp3) is 0.800. The van der Waals surface area contributed by atoms with Gasteiger partial charge in [-0.2, -0.15) is 0 Å². The van der Waals surface area contributed by atoms with Gasteiger partial charge >= 0.3 is 0 Å². The molecule has 0 aromatic rings. The van der Waals surface area contributed by atoms with Gasteiger partial charge in [-0.15, -0.1) is 0 Å². The predicted molar refractivity (Wildman–Crippen MR) is 55.1 cm³/mol. The summed E-state index contributed by atoms with van der Waals surface area (Å²) in [5.74, 6) is 0.694. The van der Waals surface area contributed by atoms with Crippen LogP contribution in [0.15, 0.2) is 12.2 Å². The Morgan fingerprint density at radius 3 is 2.58 bits per heavy atom. The normalized spacial score (nSPS) is 13.4. The fourth-order valence-corrected chi connectivity index (χ4v) is 1.43. The van der Waals surface area contributed by atoms with Crippen molar-refractivity contribution in [1.82, 2.24) is 4.90 Å². The van der Waals surface area contributed by atoms with Gasteiger partial charge in [0.1, 0.15) is 0 Å². The van der Waals surface area contributed by atoms with Gasteiger partial charge in [0, 0.05) is 13.1 Å². The molecule has 72 valence electrons. The second kappa shape index (κ2) is 6.21. The number of nitrogens with zero attached hydrogens (tertiary/aromatic N) is 1. The molecule has 0 bridgehead atoms. The molecule has 0 fully saturated rings. The molecule has 0 radical (unpaired) electrons. The van der Waals surface area contributed by atoms with E-state index >= 15 is 0 Å². The van der Waals surface area contributed by atoms with E-state index < -0.39 is 0 Å². The van der Waals surface area contributed by atoms with Crippen molar-refractivity contribution in [2.24, 2.45) is 11.7 Å². The van der Waals surface area contributed by atoms with E-state index in [1.807, 2.05) is 0 Å². The van der Waals surface area contributed by atoms with Crippen LogP contribution in [0, 0.1) is 5.92 Å². The van der Waals surface area contributed by atoms with Crippen molar-refractivity contribution >= 4 is 0 Å². The van der Waals surface area contributed by atoms with E-state index in [1.54, 1.807) is 0 Å². The topological polar surface area (TPSA) is 29.3 Å². The Balaban J connectivity index is 3.53. The van der Waals surface area contributed by atoms with Crippen molar-refractivity contribution in [2.75, 3.05) is 26.7 Å². The highest BCUT2D eigenvalue weighted by atomic mass is 15.1. The van der Waals surface area contributed by atoms with Crippen molar-refractivity contribution in [1.29, 1.82) is 0 Å². The van der Waals surface area contributed by atoms with Gasteiger partial charge in [-0.1, -0.05) is 19.1 Å². The molecule has 0 aliphatic heterocycles. The maximum atomic E-state index is 5.47. The highest BCUT2D eigenvalue weighted by molar-refractivity contribution is 4.91. The highest BCUT2D eigenvalue weighted by Crippen LogP contribution is 2.03. The van der Waals surface area contributed by atoms with Gasteiger partial charge in [0.05, 0.1) is 0 Å². The van der Waals surface area contributed by atoms with Crippen LogP contribution >= 0.6 is 0 Å². The van der Waals surface area contributed by atoms with Crippen LogP contribution in [0.3, 0.4) is 0 Å². The SMILES string of the molecule is C=C(C)CN(C)CC(C)CCN. The van der Waals surface area contributed by atoms with Gasteiger partial charge in [0.15, 0.2) is 0 Å². The van der Waals surface area contributed by atoms with Crippen LogP contribution in [-0.2, 0) is 0 Å². The fourth-order valence-electron chi connectivity index (χ4n) is 1.43. The number of hydrogen-bond donors (Lipinski definition) is 1. The molecular formula is C10H22N2. The minimum Gasteiger partial charge on any atom is -0.330 e. The molecular weight excluding hydrogens is 148 g/mol. The minimum absolute atomic E-state index is 0.694. The molecule has 2 heteroatoms. The monoisotopic (exact) mass is 170 g/mol. The van der Waals surface area contributed by atoms with E-state index in [2.05, 4.69) is 32.4 Å². The van der Waals surface area contributed by atoms with E-state index in [9.17, 15) is 0 Å². The molecule has 0 saturated carbocycles. The lowest BCUT2D eigenvalue weighted by Gasteiger charge is -2.20. The molecule has 0 aromatic heterocycles. The summed E-state index contributed by atoms with van der Waals surface area (Å²) in [6.45, 7) is 11.1. The average molecular weight is 170 g/mol. The molecule has 0 aromatic carbocycles. The van der Waals surface area contributed by atoms with Gasteiger partial charge in [-0.05, 0) is 32.9 Å². The number of nitrogens with two attached hydrogens (primary N) is 1. The van der Waals surface area contributed by atoms with Crippen LogP contribution in [-0.4, -0.2) is 31.6 Å². The first-order chi connectivity index (χ1) is 5.56. The first-order valence-corrected chi connectivity index (χ1v) is 4.59. The van der Waals surface area contributed by atoms with Crippen LogP contribution < -0.4 is 5.73 Å². The van der Waals surface area contributed by atoms with Crippen LogP contribution in [0.2, 0.25) is 0 Å². The standard InChI is InChI=1S/C10H22N2/c1-9(2)7-12(4)8-10(3)5-6-11/h10H,1,5-8,11H2,2-4H3. The molecule has 1 unspecified atom stereocenters. The van der Waals surface area contributed by atoms with E-state index in [0.717, 1.165) is 26.1 Å². The van der Waals surface area contributed by atoms with Crippen molar-refractivity contribution < 1.29 is 0 Å². The molecule has 0 heterocycles. The van der Waals surface area contributed by atoms with Crippen molar-refractivity contribution in [3.8, 4) is 0 Å². The van der Waals surface area contributed by atoms with Gasteiger partial charge in [0.25, 0.3) is 0 Å². The summed E-state index contributed by atoms with van der Waals surface area (Å²) in [5, 5.41) is 0. The summed E-state index contributed by atoms with van der Waals surface area (Å²) in [5.41, 5.74) is 6.69. The van der Waals surface area contributed by atoms with E-state index in [-0.39, 0.29) is 0 Å². The third-order valence-electron chi connectivity index (χ3n) is 1.82. The first-order valence-electron chi connectivity index (χ1n) is 4.59. The average Bonchev–Trinajstić information content (AvgIpc) is 1.84. The van der Waals surface area contributed by atoms with Gasteiger partial charge in [-0.25, -0.2) is 0 Å². The van der Waals surface area contributed by atoms with E-state index in [0.29, 0.717) is 5.92 Å². The summed E-state index contributed by atoms with van der Waals surface area (Å²) in [4.78, 5) is 2.29. The summed E-state index contributed by atoms with van der Waals surface area (Å²) in [7, 11) is 2.13. The van der Waals surface area contributed by atoms with Crippen LogP contribution in [0.25, 0.3) is 0 Å². The van der Waals surface area contributed by atoms with Gasteiger partial charge in [-0.3, -0.25) is 0 Å². The van der Waals surface area contributed by atoms with Gasteiger partial charge in [0.2, 0.25) is 0 Å². The molecule has 0 aliphatic carbocycles. The zero-order chi connectivity index (χ0) is 9.56. The zero-order valence-corrected chi connectivity index (χ0v) is 8.64. The maximum Gasteiger partial charge on any atom is 0.0184 e. The van der Waals surface area contributed by atoms with Gasteiger partial charge < -0.3 is 10.6 Å². The van der Waals surface area contributed by atoms with Crippen molar-refractivity contribution in [3.05, 3.63) is 12.2 Å². The lowest BCUT2D eigenvalue weighted by molar-refractivity contribution is 0.299. The lowest BCUT2D eigenvalue weighted by Crippen LogP contribution is -2.26. The molecule has 0 saturated heterocycles. The first kappa shape index (κ1) is 11.7. The molecule has 1 atom stereocenters. The molecule has 0 spiro atoms. The number of hydrogen-bond acceptors (Lipinski definition) is 2. The molecule has 2 nitrogen and oxygen atoms in total. The van der Waals surface area contributed by atoms with Crippen LogP contribution in [0.1, 0.15) is 20.3 Å². The summed E-state index contributed by atoms with van der Waals surface area (Å²) in [6.07, 6.45) is 1.11. The molecule has 0 rings (SSSR count). The van der Waals surface area contributed by atoms with E-state index in [4.69, 9.17) is 5.73 Å². The number of rotatable bonds is 6.